The van der Waals surface area contributed by atoms with E-state index in [1.165, 1.54) is 0 Å². The fraction of sp³-hybridized carbons (Fsp3) is 0.111. The molecule has 214 valence electrons. The number of rotatable bonds is 6. The molecule has 0 N–H and O–H groups in total. The number of aryl methyl sites for hydroxylation is 2. The van der Waals surface area contributed by atoms with Gasteiger partial charge in [-0.15, -0.1) is 35.7 Å². The molecular weight excluding hydrogens is 716 g/mol. The molecule has 0 aliphatic rings. The van der Waals surface area contributed by atoms with Gasteiger partial charge in [-0.05, 0) is 49.5 Å². The summed E-state index contributed by atoms with van der Waals surface area (Å²) in [6.45, 7) is 1.82. The summed E-state index contributed by atoms with van der Waals surface area (Å²) in [5.74, 6) is 2.23. The third-order valence-electron chi connectivity index (χ3n) is 7.39. The monoisotopic (exact) mass is 746 g/mol. The maximum absolute atomic E-state index is 7.95. The van der Waals surface area contributed by atoms with Gasteiger partial charge in [0.05, 0.1) is 12.8 Å². The van der Waals surface area contributed by atoms with Crippen molar-refractivity contribution in [2.24, 2.45) is 0 Å². The average Bonchev–Trinajstić information content (AvgIpc) is 3.53. The fourth-order valence-corrected chi connectivity index (χ4v) is 5.51. The van der Waals surface area contributed by atoms with Crippen molar-refractivity contribution in [1.29, 1.82) is 0 Å². The van der Waals surface area contributed by atoms with Crippen molar-refractivity contribution < 1.29 is 34.7 Å². The average molecular weight is 747 g/mol. The molecule has 0 unspecified atom stereocenters. The number of benzene rings is 4. The third kappa shape index (κ3) is 5.13. The molecule has 0 bridgehead atoms. The Labute approximate surface area is 269 Å². The Morgan fingerprint density at radius 1 is 0.837 bits per heavy atom. The maximum Gasteiger partial charge on any atom is 2.00 e. The second-order valence-electron chi connectivity index (χ2n) is 10.0. The molecule has 0 saturated carbocycles. The van der Waals surface area contributed by atoms with E-state index in [0.29, 0.717) is 28.6 Å². The van der Waals surface area contributed by atoms with E-state index in [1.54, 1.807) is 31.5 Å². The fourth-order valence-electron chi connectivity index (χ4n) is 5.51. The summed E-state index contributed by atoms with van der Waals surface area (Å²) < 4.78 is 39.4. The Morgan fingerprint density at radius 2 is 1.67 bits per heavy atom. The summed E-state index contributed by atoms with van der Waals surface area (Å²) >= 11 is 0. The summed E-state index contributed by atoms with van der Waals surface area (Å²) in [7, 11) is 1.60. The number of methoxy groups -OCH3 is 1. The molecule has 6 nitrogen and oxygen atoms in total. The van der Waals surface area contributed by atoms with Gasteiger partial charge in [-0.2, -0.15) is 17.2 Å². The minimum absolute atomic E-state index is 0. The molecule has 43 heavy (non-hydrogen) atoms. The summed E-state index contributed by atoms with van der Waals surface area (Å²) in [5, 5.41) is 6.41. The number of aromatic nitrogens is 4. The van der Waals surface area contributed by atoms with E-state index < -0.39 is 6.85 Å². The van der Waals surface area contributed by atoms with Crippen LogP contribution in [0.5, 0.6) is 17.2 Å². The number of nitrogens with zero attached hydrogens (tertiary/aromatic N) is 4. The molecule has 0 radical (unpaired) electrons. The molecule has 0 aliphatic heterocycles. The van der Waals surface area contributed by atoms with Gasteiger partial charge in [-0.1, -0.05) is 53.5 Å². The standard InChI is InChI=1S/C36H28N4O2.Pt/c1-23-13-16-33-32(19-23)31-15-14-30(21-34(31)39(33)35-22-28(41-4)17-18-37-35)42-29-12-8-11-27(20-29)40-25(3)36(24(2)38-40)26-9-6-5-7-10-26;/h5-19,22H,1-4H3;/q-2;+2/i1D3;. The Balaban J connectivity index is 0.00000372. The van der Waals surface area contributed by atoms with Crippen molar-refractivity contribution in [3.63, 3.8) is 0 Å². The minimum atomic E-state index is -2.24. The largest absolute Gasteiger partial charge is 2.00 e. The SMILES string of the molecule is [2H]C([2H])([2H])c1ccc2c(c1)c1ccc(Oc3[c-]c(-n4nc(C)c(-c5ccccc5)c4C)ccc3)[c-]c1n2-c1cc(OC)ccn1.[Pt+2]. The van der Waals surface area contributed by atoms with Gasteiger partial charge >= 0.3 is 21.1 Å². The predicted molar refractivity (Wildman–Crippen MR) is 166 cm³/mol. The van der Waals surface area contributed by atoms with E-state index in [-0.39, 0.29) is 26.6 Å². The van der Waals surface area contributed by atoms with Crippen LogP contribution >= 0.6 is 0 Å². The first-order chi connectivity index (χ1) is 21.7. The molecule has 3 aromatic heterocycles. The zero-order valence-corrected chi connectivity index (χ0v) is 25.9. The summed E-state index contributed by atoms with van der Waals surface area (Å²) in [6.07, 6.45) is 1.67. The van der Waals surface area contributed by atoms with Crippen LogP contribution in [0.4, 0.5) is 0 Å². The number of ether oxygens (including phenoxy) is 2. The minimum Gasteiger partial charge on any atom is -0.509 e. The topological polar surface area (TPSA) is 54.1 Å². The van der Waals surface area contributed by atoms with Gasteiger partial charge in [-0.3, -0.25) is 4.68 Å². The first-order valence-electron chi connectivity index (χ1n) is 15.0. The zero-order chi connectivity index (χ0) is 31.3. The van der Waals surface area contributed by atoms with E-state index in [1.807, 2.05) is 76.8 Å². The molecule has 0 atom stereocenters. The second kappa shape index (κ2) is 11.5. The zero-order valence-electron chi connectivity index (χ0n) is 26.7. The van der Waals surface area contributed by atoms with Crippen LogP contribution in [0, 0.1) is 32.8 Å². The van der Waals surface area contributed by atoms with Crippen molar-refractivity contribution in [3.05, 3.63) is 126 Å². The Bertz CT molecular complexity index is 2210. The van der Waals surface area contributed by atoms with Crippen LogP contribution in [0.2, 0.25) is 0 Å². The van der Waals surface area contributed by atoms with Crippen LogP contribution in [-0.4, -0.2) is 26.4 Å². The quantitative estimate of drug-likeness (QED) is 0.161. The molecule has 0 amide bonds. The molecule has 0 fully saturated rings. The molecular formula is C36H28N4O2Pt. The third-order valence-corrected chi connectivity index (χ3v) is 7.39. The first kappa shape index (κ1) is 24.9. The Hall–Kier alpha value is -4.67. The van der Waals surface area contributed by atoms with E-state index in [0.717, 1.165) is 44.5 Å². The van der Waals surface area contributed by atoms with Gasteiger partial charge in [-0.25, -0.2) is 4.98 Å². The van der Waals surface area contributed by atoms with Crippen molar-refractivity contribution in [3.8, 4) is 39.9 Å². The molecule has 7 aromatic rings. The molecule has 7 rings (SSSR count). The van der Waals surface area contributed by atoms with Crippen molar-refractivity contribution in [2.75, 3.05) is 7.11 Å². The molecule has 7 heteroatoms. The number of fused-ring (bicyclic) bond motifs is 3. The van der Waals surface area contributed by atoms with Gasteiger partial charge in [0.1, 0.15) is 11.6 Å². The molecule has 0 spiro atoms. The van der Waals surface area contributed by atoms with Crippen LogP contribution in [0.3, 0.4) is 0 Å². The van der Waals surface area contributed by atoms with Gasteiger partial charge in [0, 0.05) is 44.6 Å². The van der Waals surface area contributed by atoms with Crippen molar-refractivity contribution in [2.45, 2.75) is 20.7 Å². The Morgan fingerprint density at radius 3 is 2.49 bits per heavy atom. The maximum atomic E-state index is 7.95. The Kier molecular flexibility index (Phi) is 6.68. The predicted octanol–water partition coefficient (Wildman–Crippen LogP) is 8.36. The van der Waals surface area contributed by atoms with Gasteiger partial charge in [0.15, 0.2) is 0 Å². The molecule has 0 saturated heterocycles. The van der Waals surface area contributed by atoms with Crippen LogP contribution in [-0.2, 0) is 21.1 Å². The summed E-state index contributed by atoms with van der Waals surface area (Å²) in [5.41, 5.74) is 6.63. The normalized spacial score (nSPS) is 12.4. The van der Waals surface area contributed by atoms with E-state index in [2.05, 4.69) is 36.2 Å². The first-order valence-corrected chi connectivity index (χ1v) is 13.5. The second-order valence-corrected chi connectivity index (χ2v) is 10.0. The molecule has 0 aliphatic carbocycles. The van der Waals surface area contributed by atoms with E-state index in [9.17, 15) is 0 Å². The van der Waals surface area contributed by atoms with Gasteiger partial charge in [0.2, 0.25) is 0 Å². The van der Waals surface area contributed by atoms with Crippen LogP contribution in [0.15, 0.2) is 97.2 Å². The molecule has 4 aromatic carbocycles. The van der Waals surface area contributed by atoms with Crippen LogP contribution in [0.1, 0.15) is 21.1 Å². The van der Waals surface area contributed by atoms with Crippen molar-refractivity contribution in [1.82, 2.24) is 19.3 Å². The van der Waals surface area contributed by atoms with Crippen LogP contribution < -0.4 is 9.47 Å². The van der Waals surface area contributed by atoms with Gasteiger partial charge in [0.25, 0.3) is 0 Å². The van der Waals surface area contributed by atoms with Gasteiger partial charge < -0.3 is 14.0 Å². The van der Waals surface area contributed by atoms with E-state index in [4.69, 9.17) is 18.7 Å². The van der Waals surface area contributed by atoms with Crippen molar-refractivity contribution >= 4 is 21.8 Å². The number of pyridine rings is 1. The summed E-state index contributed by atoms with van der Waals surface area (Å²) in [4.78, 5) is 4.59. The van der Waals surface area contributed by atoms with E-state index >= 15 is 0 Å². The number of hydrogen-bond donors (Lipinski definition) is 0. The number of hydrogen-bond acceptors (Lipinski definition) is 4. The summed E-state index contributed by atoms with van der Waals surface area (Å²) in [6, 6.07) is 35.2. The van der Waals surface area contributed by atoms with Crippen LogP contribution in [0.25, 0.3) is 44.4 Å². The molecule has 3 heterocycles. The smallest absolute Gasteiger partial charge is 0.509 e.